The lowest BCUT2D eigenvalue weighted by Crippen LogP contribution is -2.33. The van der Waals surface area contributed by atoms with Gasteiger partial charge in [-0.05, 0) is 43.7 Å². The molecule has 0 radical (unpaired) electrons. The summed E-state index contributed by atoms with van der Waals surface area (Å²) in [6.07, 6.45) is 1.98. The summed E-state index contributed by atoms with van der Waals surface area (Å²) >= 11 is 6.62. The number of fused-ring (bicyclic) bond motifs is 1. The minimum atomic E-state index is -4.43. The number of hydrogen-bond donors (Lipinski definition) is 0. The quantitative estimate of drug-likeness (QED) is 0.601. The Morgan fingerprint density at radius 1 is 1.07 bits per heavy atom. The molecule has 1 saturated carbocycles. The molecular weight excluding hydrogens is 417 g/mol. The van der Waals surface area contributed by atoms with Crippen molar-refractivity contribution in [1.29, 1.82) is 0 Å². The van der Waals surface area contributed by atoms with Crippen molar-refractivity contribution in [2.24, 2.45) is 5.92 Å². The highest BCUT2D eigenvalue weighted by Crippen LogP contribution is 2.36. The van der Waals surface area contributed by atoms with Crippen LogP contribution in [0.4, 0.5) is 18.9 Å². The van der Waals surface area contributed by atoms with Gasteiger partial charge >= 0.3 is 6.18 Å². The normalized spacial score (nSPS) is 18.3. The Labute approximate surface area is 176 Å². The van der Waals surface area contributed by atoms with Crippen molar-refractivity contribution in [3.05, 3.63) is 46.6 Å². The molecule has 1 saturated heterocycles. The third kappa shape index (κ3) is 3.71. The molecule has 4 heterocycles. The summed E-state index contributed by atoms with van der Waals surface area (Å²) in [5.74, 6) is 1.48. The van der Waals surface area contributed by atoms with Crippen LogP contribution in [0.25, 0.3) is 5.65 Å². The van der Waals surface area contributed by atoms with Crippen molar-refractivity contribution in [2.45, 2.75) is 44.2 Å². The molecule has 6 nitrogen and oxygen atoms in total. The molecule has 0 spiro atoms. The van der Waals surface area contributed by atoms with Crippen LogP contribution in [0.2, 0.25) is 5.02 Å². The first-order valence-corrected chi connectivity index (χ1v) is 10.5. The molecule has 3 aromatic rings. The highest BCUT2D eigenvalue weighted by molar-refractivity contribution is 6.36. The van der Waals surface area contributed by atoms with Gasteiger partial charge in [-0.25, -0.2) is 4.98 Å². The van der Waals surface area contributed by atoms with Crippen LogP contribution in [0, 0.1) is 5.92 Å². The van der Waals surface area contributed by atoms with Crippen LogP contribution in [0.1, 0.15) is 48.8 Å². The first-order valence-electron chi connectivity index (χ1n) is 10.1. The number of nitrogens with zero attached hydrogens (tertiary/aromatic N) is 6. The Kier molecular flexibility index (Phi) is 4.80. The van der Waals surface area contributed by atoms with Crippen LogP contribution in [0.3, 0.4) is 0 Å². The van der Waals surface area contributed by atoms with E-state index in [1.807, 2.05) is 0 Å². The number of rotatable bonds is 4. The van der Waals surface area contributed by atoms with Gasteiger partial charge in [-0.2, -0.15) is 22.8 Å². The van der Waals surface area contributed by atoms with Gasteiger partial charge in [-0.15, -0.1) is 10.2 Å². The largest absolute Gasteiger partial charge is 0.433 e. The van der Waals surface area contributed by atoms with E-state index in [4.69, 9.17) is 11.6 Å². The predicted molar refractivity (Wildman–Crippen MR) is 106 cm³/mol. The second-order valence-electron chi connectivity index (χ2n) is 8.05. The zero-order chi connectivity index (χ0) is 20.9. The Bertz CT molecular complexity index is 1070. The first-order chi connectivity index (χ1) is 14.4. The first kappa shape index (κ1) is 19.5. The van der Waals surface area contributed by atoms with E-state index >= 15 is 0 Å². The summed E-state index contributed by atoms with van der Waals surface area (Å²) in [6.45, 7) is 1.31. The van der Waals surface area contributed by atoms with Gasteiger partial charge in [0.1, 0.15) is 10.7 Å². The molecule has 1 aliphatic carbocycles. The average molecular weight is 437 g/mol. The second kappa shape index (κ2) is 7.37. The minimum absolute atomic E-state index is 0.0164. The van der Waals surface area contributed by atoms with Gasteiger partial charge in [0.05, 0.1) is 11.9 Å². The average Bonchev–Trinajstić information content (AvgIpc) is 3.46. The van der Waals surface area contributed by atoms with Crippen molar-refractivity contribution in [1.82, 2.24) is 24.8 Å². The molecule has 158 valence electrons. The van der Waals surface area contributed by atoms with Crippen molar-refractivity contribution in [3.63, 3.8) is 0 Å². The van der Waals surface area contributed by atoms with Crippen LogP contribution < -0.4 is 4.90 Å². The number of hydrogen-bond acceptors (Lipinski definition) is 5. The zero-order valence-corrected chi connectivity index (χ0v) is 16.9. The SMILES string of the molecule is FC(F)(F)c1cccc(C2CCN(c3cnn4c(CC5CC5)nnc4c3Cl)CC2)n1. The van der Waals surface area contributed by atoms with Gasteiger partial charge in [0.25, 0.3) is 0 Å². The third-order valence-electron chi connectivity index (χ3n) is 5.91. The molecule has 0 bridgehead atoms. The summed E-state index contributed by atoms with van der Waals surface area (Å²) in [6, 6.07) is 4.11. The minimum Gasteiger partial charge on any atom is -0.369 e. The van der Waals surface area contributed by atoms with Gasteiger partial charge in [-0.3, -0.25) is 0 Å². The van der Waals surface area contributed by atoms with E-state index in [0.29, 0.717) is 48.2 Å². The Morgan fingerprint density at radius 3 is 2.53 bits per heavy atom. The fraction of sp³-hybridized carbons (Fsp3) is 0.500. The maximum atomic E-state index is 13.0. The molecule has 0 unspecified atom stereocenters. The van der Waals surface area contributed by atoms with Crippen LogP contribution in [-0.2, 0) is 12.6 Å². The Hall–Kier alpha value is -2.42. The maximum Gasteiger partial charge on any atom is 0.433 e. The lowest BCUT2D eigenvalue weighted by Gasteiger charge is -2.33. The van der Waals surface area contributed by atoms with Crippen molar-refractivity contribution >= 4 is 22.9 Å². The molecule has 30 heavy (non-hydrogen) atoms. The van der Waals surface area contributed by atoms with Gasteiger partial charge in [0.15, 0.2) is 11.5 Å². The summed E-state index contributed by atoms with van der Waals surface area (Å²) in [5.41, 5.74) is 0.983. The molecular formula is C20H20ClF3N6. The molecule has 2 aliphatic rings. The maximum absolute atomic E-state index is 13.0. The van der Waals surface area contributed by atoms with E-state index in [1.165, 1.54) is 18.9 Å². The molecule has 5 rings (SSSR count). The number of anilines is 1. The van der Waals surface area contributed by atoms with E-state index < -0.39 is 11.9 Å². The molecule has 0 N–H and O–H groups in total. The zero-order valence-electron chi connectivity index (χ0n) is 16.1. The lowest BCUT2D eigenvalue weighted by molar-refractivity contribution is -0.141. The monoisotopic (exact) mass is 436 g/mol. The summed E-state index contributed by atoms with van der Waals surface area (Å²) in [7, 11) is 0. The Balaban J connectivity index is 1.32. The number of pyridine rings is 1. The molecule has 3 aromatic heterocycles. The van der Waals surface area contributed by atoms with E-state index in [1.54, 1.807) is 16.8 Å². The molecule has 10 heteroatoms. The summed E-state index contributed by atoms with van der Waals surface area (Å²) < 4.78 is 40.6. The van der Waals surface area contributed by atoms with Crippen LogP contribution >= 0.6 is 11.6 Å². The number of alkyl halides is 3. The fourth-order valence-electron chi connectivity index (χ4n) is 4.03. The molecule has 2 fully saturated rings. The van der Waals surface area contributed by atoms with E-state index in [2.05, 4.69) is 25.2 Å². The van der Waals surface area contributed by atoms with Gasteiger partial charge in [0.2, 0.25) is 0 Å². The van der Waals surface area contributed by atoms with Crippen LogP contribution in [0.15, 0.2) is 24.4 Å². The fourth-order valence-corrected chi connectivity index (χ4v) is 4.32. The highest BCUT2D eigenvalue weighted by atomic mass is 35.5. The van der Waals surface area contributed by atoms with E-state index in [-0.39, 0.29) is 5.92 Å². The predicted octanol–water partition coefficient (Wildman–Crippen LogP) is 4.53. The lowest BCUT2D eigenvalue weighted by atomic mass is 9.92. The molecule has 0 aromatic carbocycles. The second-order valence-corrected chi connectivity index (χ2v) is 8.43. The van der Waals surface area contributed by atoms with Crippen molar-refractivity contribution < 1.29 is 13.2 Å². The Morgan fingerprint density at radius 2 is 1.83 bits per heavy atom. The van der Waals surface area contributed by atoms with Gasteiger partial charge in [0, 0.05) is 31.1 Å². The van der Waals surface area contributed by atoms with Gasteiger partial charge < -0.3 is 4.90 Å². The smallest absolute Gasteiger partial charge is 0.369 e. The van der Waals surface area contributed by atoms with Crippen molar-refractivity contribution in [2.75, 3.05) is 18.0 Å². The summed E-state index contributed by atoms with van der Waals surface area (Å²) in [4.78, 5) is 5.96. The third-order valence-corrected chi connectivity index (χ3v) is 6.27. The standard InChI is InChI=1S/C20H20ClF3N6/c21-18-15(11-25-30-17(10-12-4-5-12)27-28-19(18)30)29-8-6-13(7-9-29)14-2-1-3-16(26-14)20(22,23)24/h1-3,11-13H,4-10H2. The molecule has 1 aliphatic heterocycles. The summed E-state index contributed by atoms with van der Waals surface area (Å²) in [5, 5.41) is 13.5. The van der Waals surface area contributed by atoms with Crippen LogP contribution in [0.5, 0.6) is 0 Å². The number of aromatic nitrogens is 5. The number of halogens is 4. The van der Waals surface area contributed by atoms with Gasteiger partial charge in [-0.1, -0.05) is 17.7 Å². The molecule has 0 atom stereocenters. The highest BCUT2D eigenvalue weighted by Gasteiger charge is 2.33. The van der Waals surface area contributed by atoms with Crippen molar-refractivity contribution in [3.8, 4) is 0 Å². The topological polar surface area (TPSA) is 59.2 Å². The molecule has 0 amide bonds. The van der Waals surface area contributed by atoms with E-state index in [9.17, 15) is 13.2 Å². The van der Waals surface area contributed by atoms with Crippen LogP contribution in [-0.4, -0.2) is 37.9 Å². The number of piperidine rings is 1. The van der Waals surface area contributed by atoms with E-state index in [0.717, 1.165) is 24.0 Å².